The summed E-state index contributed by atoms with van der Waals surface area (Å²) >= 11 is 0. The molecule has 0 fully saturated rings. The quantitative estimate of drug-likeness (QED) is 0.0379. The summed E-state index contributed by atoms with van der Waals surface area (Å²) in [5.41, 5.74) is 32.7. The fourth-order valence-electron chi connectivity index (χ4n) is 3.70. The van der Waals surface area contributed by atoms with E-state index < -0.39 is 47.9 Å². The molecule has 0 aliphatic heterocycles. The Morgan fingerprint density at radius 2 is 1.18 bits per heavy atom. The molecule has 0 aromatic rings. The number of hydrogen-bond donors (Lipinski definition) is 10. The lowest BCUT2D eigenvalue weighted by molar-refractivity contribution is -0.142. The number of hydrogen-bond acceptors (Lipinski definition) is 8. The van der Waals surface area contributed by atoms with Gasteiger partial charge >= 0.3 is 5.97 Å². The number of aliphatic imine (C=N–C) groups is 2. The van der Waals surface area contributed by atoms with E-state index in [0.29, 0.717) is 32.2 Å². The van der Waals surface area contributed by atoms with Crippen LogP contribution < -0.4 is 50.4 Å². The molecule has 0 saturated heterocycles. The topological polar surface area (TPSA) is 305 Å². The highest BCUT2D eigenvalue weighted by Gasteiger charge is 2.30. The number of carboxylic acid groups (broad SMARTS) is 1. The Morgan fingerprint density at radius 3 is 1.65 bits per heavy atom. The minimum Gasteiger partial charge on any atom is -0.480 e. The number of nitrogens with one attached hydrogen (secondary N) is 3. The van der Waals surface area contributed by atoms with Crippen LogP contribution in [0, 0.1) is 5.92 Å². The molecule has 4 atom stereocenters. The zero-order valence-corrected chi connectivity index (χ0v) is 23.6. The molecule has 0 aliphatic carbocycles. The summed E-state index contributed by atoms with van der Waals surface area (Å²) in [6.07, 6.45) is 2.86. The first-order chi connectivity index (χ1) is 18.8. The summed E-state index contributed by atoms with van der Waals surface area (Å²) in [6, 6.07) is -4.14. The van der Waals surface area contributed by atoms with Crippen molar-refractivity contribution in [3.05, 3.63) is 0 Å². The van der Waals surface area contributed by atoms with Crippen LogP contribution in [-0.4, -0.2) is 84.5 Å². The molecule has 40 heavy (non-hydrogen) atoms. The van der Waals surface area contributed by atoms with Crippen LogP contribution in [0.25, 0.3) is 0 Å². The van der Waals surface area contributed by atoms with Crippen molar-refractivity contribution in [2.24, 2.45) is 50.3 Å². The highest BCUT2D eigenvalue weighted by Crippen LogP contribution is 2.09. The number of carboxylic acids is 1. The summed E-state index contributed by atoms with van der Waals surface area (Å²) in [7, 11) is 0. The maximum Gasteiger partial charge on any atom is 0.326 e. The molecule has 230 valence electrons. The van der Waals surface area contributed by atoms with E-state index in [1.54, 1.807) is 0 Å². The summed E-state index contributed by atoms with van der Waals surface area (Å²) in [5.74, 6) is -3.27. The van der Waals surface area contributed by atoms with Gasteiger partial charge in [-0.15, -0.1) is 0 Å². The Balaban J connectivity index is 5.60. The van der Waals surface area contributed by atoms with Gasteiger partial charge in [0.25, 0.3) is 0 Å². The van der Waals surface area contributed by atoms with Crippen molar-refractivity contribution in [1.82, 2.24) is 16.0 Å². The number of unbranched alkanes of at least 4 members (excludes halogenated alkanes) is 1. The molecule has 0 heterocycles. The van der Waals surface area contributed by atoms with Gasteiger partial charge in [0.2, 0.25) is 17.7 Å². The standard InChI is InChI=1S/C24H49N11O5/c1-14(2)13-18(35-19(36)15(26)7-3-4-10-25)21(38)33-16(8-5-11-31-23(27)28)20(37)34-17(22(39)40)9-6-12-32-24(29)30/h14-18H,3-13,25-26H2,1-2H3,(H,33,38)(H,34,37)(H,35,36)(H,39,40)(H4,27,28,31)(H4,29,30,32). The van der Waals surface area contributed by atoms with E-state index >= 15 is 0 Å². The van der Waals surface area contributed by atoms with Gasteiger partial charge in [-0.05, 0) is 57.4 Å². The minimum absolute atomic E-state index is 0.0280. The van der Waals surface area contributed by atoms with Crippen LogP contribution >= 0.6 is 0 Å². The molecule has 0 saturated carbocycles. The summed E-state index contributed by atoms with van der Waals surface area (Å²) < 4.78 is 0. The maximum absolute atomic E-state index is 13.3. The van der Waals surface area contributed by atoms with E-state index in [0.717, 1.165) is 6.42 Å². The Kier molecular flexibility index (Phi) is 18.4. The van der Waals surface area contributed by atoms with Crippen molar-refractivity contribution in [1.29, 1.82) is 0 Å². The second kappa shape index (κ2) is 20.3. The van der Waals surface area contributed by atoms with Gasteiger partial charge < -0.3 is 55.5 Å². The third kappa shape index (κ3) is 17.0. The molecule has 0 radical (unpaired) electrons. The highest BCUT2D eigenvalue weighted by molar-refractivity contribution is 5.94. The van der Waals surface area contributed by atoms with Crippen LogP contribution in [-0.2, 0) is 19.2 Å². The maximum atomic E-state index is 13.3. The summed E-state index contributed by atoms with van der Waals surface area (Å²) in [6.45, 7) is 4.62. The predicted molar refractivity (Wildman–Crippen MR) is 154 cm³/mol. The third-order valence-corrected chi connectivity index (χ3v) is 5.78. The van der Waals surface area contributed by atoms with Crippen LogP contribution in [0.3, 0.4) is 0 Å². The molecule has 0 bridgehead atoms. The molecule has 0 aromatic carbocycles. The smallest absolute Gasteiger partial charge is 0.326 e. The average Bonchev–Trinajstić information content (AvgIpc) is 2.86. The van der Waals surface area contributed by atoms with Crippen molar-refractivity contribution in [3.63, 3.8) is 0 Å². The normalized spacial score (nSPS) is 13.8. The van der Waals surface area contributed by atoms with E-state index in [1.165, 1.54) is 0 Å². The number of aliphatic carboxylic acids is 1. The Labute approximate surface area is 235 Å². The molecule has 0 spiro atoms. The predicted octanol–water partition coefficient (Wildman–Crippen LogP) is -2.87. The van der Waals surface area contributed by atoms with Crippen LogP contribution in [0.1, 0.15) is 65.2 Å². The number of nitrogens with two attached hydrogens (primary N) is 6. The molecular weight excluding hydrogens is 522 g/mol. The second-order valence-electron chi connectivity index (χ2n) is 9.94. The zero-order valence-electron chi connectivity index (χ0n) is 23.6. The van der Waals surface area contributed by atoms with Crippen molar-refractivity contribution in [2.45, 2.75) is 89.4 Å². The SMILES string of the molecule is CC(C)CC(NC(=O)C(N)CCCCN)C(=O)NC(CCCN=C(N)N)C(=O)NC(CCCN=C(N)N)C(=O)O. The van der Waals surface area contributed by atoms with Gasteiger partial charge in [0.15, 0.2) is 11.9 Å². The van der Waals surface area contributed by atoms with Gasteiger partial charge in [0.1, 0.15) is 18.1 Å². The Morgan fingerprint density at radius 1 is 0.700 bits per heavy atom. The number of carbonyl (C=O) groups excluding carboxylic acids is 3. The fraction of sp³-hybridized carbons (Fsp3) is 0.750. The highest BCUT2D eigenvalue weighted by atomic mass is 16.4. The average molecular weight is 572 g/mol. The minimum atomic E-state index is -1.25. The van der Waals surface area contributed by atoms with Crippen LogP contribution in [0.2, 0.25) is 0 Å². The van der Waals surface area contributed by atoms with Gasteiger partial charge in [0, 0.05) is 13.1 Å². The van der Waals surface area contributed by atoms with E-state index in [2.05, 4.69) is 25.9 Å². The molecule has 16 N–H and O–H groups in total. The summed E-state index contributed by atoms with van der Waals surface area (Å²) in [5, 5.41) is 17.4. The Hall–Kier alpha value is -3.66. The van der Waals surface area contributed by atoms with E-state index in [1.807, 2.05) is 13.8 Å². The monoisotopic (exact) mass is 571 g/mol. The van der Waals surface area contributed by atoms with E-state index in [4.69, 9.17) is 34.4 Å². The number of rotatable bonds is 21. The first-order valence-electron chi connectivity index (χ1n) is 13.5. The van der Waals surface area contributed by atoms with Crippen molar-refractivity contribution < 1.29 is 24.3 Å². The van der Waals surface area contributed by atoms with Gasteiger partial charge in [-0.3, -0.25) is 24.4 Å². The van der Waals surface area contributed by atoms with E-state index in [9.17, 15) is 24.3 Å². The molecule has 0 aromatic heterocycles. The van der Waals surface area contributed by atoms with Crippen LogP contribution in [0.15, 0.2) is 9.98 Å². The zero-order chi connectivity index (χ0) is 30.7. The number of amides is 3. The molecule has 3 amide bonds. The van der Waals surface area contributed by atoms with Crippen LogP contribution in [0.4, 0.5) is 0 Å². The molecule has 16 nitrogen and oxygen atoms in total. The largest absolute Gasteiger partial charge is 0.480 e. The van der Waals surface area contributed by atoms with Gasteiger partial charge in [0.05, 0.1) is 6.04 Å². The second-order valence-corrected chi connectivity index (χ2v) is 9.94. The third-order valence-electron chi connectivity index (χ3n) is 5.78. The van der Waals surface area contributed by atoms with Crippen molar-refractivity contribution in [2.75, 3.05) is 19.6 Å². The van der Waals surface area contributed by atoms with Gasteiger partial charge in [-0.25, -0.2) is 4.79 Å². The first-order valence-corrected chi connectivity index (χ1v) is 13.5. The van der Waals surface area contributed by atoms with E-state index in [-0.39, 0.29) is 50.2 Å². The number of nitrogens with zero attached hydrogens (tertiary/aromatic N) is 2. The lowest BCUT2D eigenvalue weighted by Gasteiger charge is -2.26. The number of guanidine groups is 2. The fourth-order valence-corrected chi connectivity index (χ4v) is 3.70. The molecule has 0 aliphatic rings. The summed E-state index contributed by atoms with van der Waals surface area (Å²) in [4.78, 5) is 58.5. The lowest BCUT2D eigenvalue weighted by Crippen LogP contribution is -2.57. The van der Waals surface area contributed by atoms with Gasteiger partial charge in [-0.2, -0.15) is 0 Å². The molecule has 4 unspecified atom stereocenters. The van der Waals surface area contributed by atoms with Crippen molar-refractivity contribution in [3.8, 4) is 0 Å². The first kappa shape index (κ1) is 36.3. The Bertz CT molecular complexity index is 858. The number of carbonyl (C=O) groups is 4. The molecule has 0 rings (SSSR count). The molecule has 16 heteroatoms. The lowest BCUT2D eigenvalue weighted by atomic mass is 10.0. The van der Waals surface area contributed by atoms with Crippen LogP contribution in [0.5, 0.6) is 0 Å². The molecular formula is C24H49N11O5. The van der Waals surface area contributed by atoms with Crippen molar-refractivity contribution >= 4 is 35.6 Å². The van der Waals surface area contributed by atoms with Gasteiger partial charge in [-0.1, -0.05) is 20.3 Å².